The molecule has 10 nitrogen and oxygen atoms in total. The van der Waals surface area contributed by atoms with E-state index >= 15 is 0 Å². The number of likely N-dealkylation sites (tertiary alicyclic amines) is 1. The molecule has 0 radical (unpaired) electrons. The monoisotopic (exact) mass is 386 g/mol. The van der Waals surface area contributed by atoms with E-state index in [0.29, 0.717) is 12.2 Å². The SMILES string of the molecule is O=C(O)c1ccc(Nc2ncnc(NCCN3CCCCC3)c2[N+](=O)[O-])cc1. The number of aromatic carboxylic acids is 1. The summed E-state index contributed by atoms with van der Waals surface area (Å²) in [4.78, 5) is 32.3. The lowest BCUT2D eigenvalue weighted by atomic mass is 10.1. The molecule has 0 saturated carbocycles. The van der Waals surface area contributed by atoms with Gasteiger partial charge in [0.25, 0.3) is 0 Å². The van der Waals surface area contributed by atoms with Gasteiger partial charge in [0.2, 0.25) is 11.6 Å². The molecule has 28 heavy (non-hydrogen) atoms. The lowest BCUT2D eigenvalue weighted by Crippen LogP contribution is -2.33. The van der Waals surface area contributed by atoms with E-state index in [4.69, 9.17) is 5.11 Å². The van der Waals surface area contributed by atoms with Crippen molar-refractivity contribution in [2.24, 2.45) is 0 Å². The minimum Gasteiger partial charge on any atom is -0.478 e. The molecule has 3 rings (SSSR count). The van der Waals surface area contributed by atoms with Crippen LogP contribution >= 0.6 is 0 Å². The molecule has 0 atom stereocenters. The van der Waals surface area contributed by atoms with Crippen molar-refractivity contribution in [1.82, 2.24) is 14.9 Å². The molecule has 0 bridgehead atoms. The van der Waals surface area contributed by atoms with Gasteiger partial charge in [-0.15, -0.1) is 0 Å². The van der Waals surface area contributed by atoms with Crippen molar-refractivity contribution in [1.29, 1.82) is 0 Å². The standard InChI is InChI=1S/C18H22N6O4/c25-18(26)13-4-6-14(7-5-13)22-17-15(24(27)28)16(20-12-21-17)19-8-11-23-9-2-1-3-10-23/h4-7,12H,1-3,8-11H2,(H,25,26)(H2,19,20,21,22). The third kappa shape index (κ3) is 4.92. The number of nitrogens with one attached hydrogen (secondary N) is 2. The van der Waals surface area contributed by atoms with Crippen LogP contribution in [0.25, 0.3) is 0 Å². The second-order valence-corrected chi connectivity index (χ2v) is 6.51. The first-order valence-electron chi connectivity index (χ1n) is 9.10. The fraction of sp³-hybridized carbons (Fsp3) is 0.389. The summed E-state index contributed by atoms with van der Waals surface area (Å²) in [6.45, 7) is 3.44. The highest BCUT2D eigenvalue weighted by Crippen LogP contribution is 2.31. The summed E-state index contributed by atoms with van der Waals surface area (Å²) in [5.74, 6) is -0.843. The van der Waals surface area contributed by atoms with Gasteiger partial charge in [-0.3, -0.25) is 10.1 Å². The summed E-state index contributed by atoms with van der Waals surface area (Å²) >= 11 is 0. The van der Waals surface area contributed by atoms with Crippen molar-refractivity contribution in [2.75, 3.05) is 36.8 Å². The minimum absolute atomic E-state index is 0.0450. The molecule has 1 aliphatic heterocycles. The quantitative estimate of drug-likeness (QED) is 0.462. The van der Waals surface area contributed by atoms with Gasteiger partial charge in [0.1, 0.15) is 6.33 Å². The number of carbonyl (C=O) groups is 1. The van der Waals surface area contributed by atoms with Crippen LogP contribution in [-0.2, 0) is 0 Å². The molecule has 2 heterocycles. The van der Waals surface area contributed by atoms with E-state index in [1.54, 1.807) is 0 Å². The van der Waals surface area contributed by atoms with E-state index in [0.717, 1.165) is 19.6 Å². The zero-order valence-electron chi connectivity index (χ0n) is 15.3. The smallest absolute Gasteiger partial charge is 0.353 e. The van der Waals surface area contributed by atoms with Gasteiger partial charge in [-0.2, -0.15) is 0 Å². The van der Waals surface area contributed by atoms with Gasteiger partial charge < -0.3 is 20.6 Å². The Morgan fingerprint density at radius 2 is 1.82 bits per heavy atom. The van der Waals surface area contributed by atoms with Crippen LogP contribution in [0.3, 0.4) is 0 Å². The fourth-order valence-electron chi connectivity index (χ4n) is 3.12. The Kier molecular flexibility index (Phi) is 6.33. The molecule has 0 aliphatic carbocycles. The van der Waals surface area contributed by atoms with Gasteiger partial charge in [-0.05, 0) is 50.2 Å². The van der Waals surface area contributed by atoms with Crippen molar-refractivity contribution >= 4 is 29.0 Å². The van der Waals surface area contributed by atoms with Crippen LogP contribution in [0.1, 0.15) is 29.6 Å². The Balaban J connectivity index is 1.71. The van der Waals surface area contributed by atoms with Gasteiger partial charge in [0.15, 0.2) is 0 Å². The minimum atomic E-state index is -1.04. The average Bonchev–Trinajstić information content (AvgIpc) is 2.69. The van der Waals surface area contributed by atoms with Gasteiger partial charge >= 0.3 is 11.7 Å². The number of carboxylic acids is 1. The van der Waals surface area contributed by atoms with E-state index < -0.39 is 10.9 Å². The predicted molar refractivity (Wildman–Crippen MR) is 104 cm³/mol. The van der Waals surface area contributed by atoms with Crippen molar-refractivity contribution in [3.8, 4) is 0 Å². The van der Waals surface area contributed by atoms with Gasteiger partial charge in [0, 0.05) is 18.8 Å². The molecule has 1 aromatic heterocycles. The number of nitrogens with zero attached hydrogens (tertiary/aromatic N) is 4. The molecule has 2 aromatic rings. The Morgan fingerprint density at radius 1 is 1.14 bits per heavy atom. The Hall–Kier alpha value is -3.27. The average molecular weight is 386 g/mol. The lowest BCUT2D eigenvalue weighted by molar-refractivity contribution is -0.383. The van der Waals surface area contributed by atoms with Crippen LogP contribution in [0.2, 0.25) is 0 Å². The number of benzene rings is 1. The molecule has 1 fully saturated rings. The zero-order chi connectivity index (χ0) is 19.9. The normalized spacial score (nSPS) is 14.4. The first-order chi connectivity index (χ1) is 13.5. The molecule has 1 aliphatic rings. The van der Waals surface area contributed by atoms with Crippen LogP contribution < -0.4 is 10.6 Å². The molecular formula is C18H22N6O4. The lowest BCUT2D eigenvalue weighted by Gasteiger charge is -2.26. The number of anilines is 3. The third-order valence-electron chi connectivity index (χ3n) is 4.57. The maximum atomic E-state index is 11.6. The highest BCUT2D eigenvalue weighted by atomic mass is 16.6. The summed E-state index contributed by atoms with van der Waals surface area (Å²) in [7, 11) is 0. The van der Waals surface area contributed by atoms with Crippen molar-refractivity contribution in [3.05, 3.63) is 46.3 Å². The molecule has 0 amide bonds. The van der Waals surface area contributed by atoms with Crippen LogP contribution in [0.4, 0.5) is 23.0 Å². The maximum absolute atomic E-state index is 11.6. The second kappa shape index (κ2) is 9.09. The number of hydrogen-bond acceptors (Lipinski definition) is 8. The molecular weight excluding hydrogens is 364 g/mol. The molecule has 0 unspecified atom stereocenters. The predicted octanol–water partition coefficient (Wildman–Crippen LogP) is 2.72. The summed E-state index contributed by atoms with van der Waals surface area (Å²) in [5, 5.41) is 26.5. The first-order valence-corrected chi connectivity index (χ1v) is 9.10. The third-order valence-corrected chi connectivity index (χ3v) is 4.57. The van der Waals surface area contributed by atoms with E-state index in [9.17, 15) is 14.9 Å². The van der Waals surface area contributed by atoms with Crippen molar-refractivity contribution < 1.29 is 14.8 Å². The highest BCUT2D eigenvalue weighted by molar-refractivity contribution is 5.88. The molecule has 1 saturated heterocycles. The van der Waals surface area contributed by atoms with Crippen LogP contribution in [0.5, 0.6) is 0 Å². The number of carboxylic acid groups (broad SMARTS) is 1. The molecule has 3 N–H and O–H groups in total. The van der Waals surface area contributed by atoms with E-state index in [-0.39, 0.29) is 22.9 Å². The molecule has 1 aromatic carbocycles. The van der Waals surface area contributed by atoms with Crippen molar-refractivity contribution in [3.63, 3.8) is 0 Å². The summed E-state index contributed by atoms with van der Waals surface area (Å²) < 4.78 is 0. The topological polar surface area (TPSA) is 134 Å². The van der Waals surface area contributed by atoms with Gasteiger partial charge in [-0.1, -0.05) is 6.42 Å². The number of aromatic nitrogens is 2. The van der Waals surface area contributed by atoms with Crippen molar-refractivity contribution in [2.45, 2.75) is 19.3 Å². The fourth-order valence-corrected chi connectivity index (χ4v) is 3.12. The summed E-state index contributed by atoms with van der Waals surface area (Å²) in [6, 6.07) is 5.88. The van der Waals surface area contributed by atoms with E-state index in [1.165, 1.54) is 49.9 Å². The largest absolute Gasteiger partial charge is 0.478 e. The Morgan fingerprint density at radius 3 is 2.46 bits per heavy atom. The number of hydrogen-bond donors (Lipinski definition) is 3. The number of rotatable bonds is 8. The molecule has 10 heteroatoms. The van der Waals surface area contributed by atoms with Gasteiger partial charge in [0.05, 0.1) is 10.5 Å². The van der Waals surface area contributed by atoms with E-state index in [1.807, 2.05) is 0 Å². The zero-order valence-corrected chi connectivity index (χ0v) is 15.3. The van der Waals surface area contributed by atoms with Crippen LogP contribution in [-0.4, -0.2) is 57.0 Å². The molecule has 0 spiro atoms. The van der Waals surface area contributed by atoms with E-state index in [2.05, 4.69) is 25.5 Å². The molecule has 148 valence electrons. The van der Waals surface area contributed by atoms with Gasteiger partial charge in [-0.25, -0.2) is 14.8 Å². The van der Waals surface area contributed by atoms with Crippen LogP contribution in [0.15, 0.2) is 30.6 Å². The van der Waals surface area contributed by atoms with Crippen LogP contribution in [0, 0.1) is 10.1 Å². The number of nitro groups is 1. The Bertz CT molecular complexity index is 836. The highest BCUT2D eigenvalue weighted by Gasteiger charge is 2.23. The maximum Gasteiger partial charge on any atom is 0.353 e. The number of piperidine rings is 1. The summed E-state index contributed by atoms with van der Waals surface area (Å²) in [5.41, 5.74) is 0.373. The first kappa shape index (κ1) is 19.5. The second-order valence-electron chi connectivity index (χ2n) is 6.51. The summed E-state index contributed by atoms with van der Waals surface area (Å²) in [6.07, 6.45) is 4.87. The Labute approximate surface area is 161 Å².